The largest absolute Gasteiger partial charge is 0.416 e. The Labute approximate surface area is 150 Å². The van der Waals surface area contributed by atoms with Gasteiger partial charge in [0.15, 0.2) is 15.4 Å². The number of aliphatic hydroxyl groups is 1. The van der Waals surface area contributed by atoms with Gasteiger partial charge in [0.1, 0.15) is 0 Å². The number of carbonyl (C=O) groups is 1. The molecule has 0 saturated heterocycles. The van der Waals surface area contributed by atoms with Crippen LogP contribution in [0, 0.1) is 0 Å². The van der Waals surface area contributed by atoms with Crippen molar-refractivity contribution in [2.24, 2.45) is 0 Å². The van der Waals surface area contributed by atoms with Gasteiger partial charge in [0.05, 0.1) is 16.6 Å². The first-order valence-electron chi connectivity index (χ1n) is 8.34. The van der Waals surface area contributed by atoms with E-state index in [9.17, 15) is 31.5 Å². The van der Waals surface area contributed by atoms with Crippen LogP contribution in [0.3, 0.4) is 0 Å². The third-order valence-corrected chi connectivity index (χ3v) is 6.95. The standard InChI is InChI=1S/C17H22F3NO4S/c1-16(23,11-26(24,25)14-5-3-2-4-6-14)15(22)21-13-9-7-12(8-10-13)17(18,19)20/h7-10,14,23H,2-6,11H2,1H3,(H,21,22). The van der Waals surface area contributed by atoms with Crippen LogP contribution < -0.4 is 5.32 Å². The lowest BCUT2D eigenvalue weighted by Gasteiger charge is -2.27. The van der Waals surface area contributed by atoms with Gasteiger partial charge in [-0.05, 0) is 44.0 Å². The number of rotatable bonds is 5. The van der Waals surface area contributed by atoms with E-state index in [1.54, 1.807) is 0 Å². The normalized spacial score (nSPS) is 19.0. The number of benzene rings is 1. The van der Waals surface area contributed by atoms with Gasteiger partial charge >= 0.3 is 6.18 Å². The molecule has 2 N–H and O–H groups in total. The molecule has 146 valence electrons. The highest BCUT2D eigenvalue weighted by atomic mass is 32.2. The van der Waals surface area contributed by atoms with Crippen LogP contribution in [-0.4, -0.2) is 36.0 Å². The summed E-state index contributed by atoms with van der Waals surface area (Å²) in [4.78, 5) is 12.2. The number of sulfone groups is 1. The summed E-state index contributed by atoms with van der Waals surface area (Å²) in [6.45, 7) is 1.09. The van der Waals surface area contributed by atoms with Crippen LogP contribution in [0.2, 0.25) is 0 Å². The molecule has 1 unspecified atom stereocenters. The van der Waals surface area contributed by atoms with Crippen LogP contribution in [0.25, 0.3) is 0 Å². The van der Waals surface area contributed by atoms with E-state index in [2.05, 4.69) is 5.32 Å². The summed E-state index contributed by atoms with van der Waals surface area (Å²) in [7, 11) is -3.66. The van der Waals surface area contributed by atoms with Crippen LogP contribution in [-0.2, 0) is 20.8 Å². The molecular formula is C17H22F3NO4S. The molecule has 1 atom stereocenters. The van der Waals surface area contributed by atoms with Crippen molar-refractivity contribution in [1.29, 1.82) is 0 Å². The lowest BCUT2D eigenvalue weighted by molar-refractivity contribution is -0.137. The fourth-order valence-electron chi connectivity index (χ4n) is 3.01. The van der Waals surface area contributed by atoms with E-state index in [-0.39, 0.29) is 5.69 Å². The maximum Gasteiger partial charge on any atom is 0.416 e. The summed E-state index contributed by atoms with van der Waals surface area (Å²) in [5.74, 6) is -1.70. The highest BCUT2D eigenvalue weighted by Crippen LogP contribution is 2.30. The van der Waals surface area contributed by atoms with Crippen molar-refractivity contribution in [2.75, 3.05) is 11.1 Å². The lowest BCUT2D eigenvalue weighted by Crippen LogP contribution is -2.47. The fourth-order valence-corrected chi connectivity index (χ4v) is 5.21. The van der Waals surface area contributed by atoms with Gasteiger partial charge in [-0.3, -0.25) is 4.79 Å². The van der Waals surface area contributed by atoms with Crippen molar-refractivity contribution in [3.05, 3.63) is 29.8 Å². The zero-order valence-electron chi connectivity index (χ0n) is 14.3. The number of halogens is 3. The van der Waals surface area contributed by atoms with Gasteiger partial charge < -0.3 is 10.4 Å². The minimum atomic E-state index is -4.50. The molecule has 0 aliphatic heterocycles. The number of hydrogen-bond donors (Lipinski definition) is 2. The molecule has 1 fully saturated rings. The molecule has 5 nitrogen and oxygen atoms in total. The summed E-state index contributed by atoms with van der Waals surface area (Å²) < 4.78 is 62.5. The molecule has 1 amide bonds. The first kappa shape index (κ1) is 20.7. The smallest absolute Gasteiger partial charge is 0.379 e. The van der Waals surface area contributed by atoms with E-state index < -0.39 is 44.1 Å². The molecule has 9 heteroatoms. The Balaban J connectivity index is 2.05. The molecule has 0 spiro atoms. The highest BCUT2D eigenvalue weighted by Gasteiger charge is 2.39. The molecule has 1 aromatic rings. The Bertz CT molecular complexity index is 736. The second kappa shape index (κ2) is 7.56. The van der Waals surface area contributed by atoms with Gasteiger partial charge in [0, 0.05) is 5.69 Å². The van der Waals surface area contributed by atoms with E-state index >= 15 is 0 Å². The Kier molecular flexibility index (Phi) is 6.02. The molecule has 26 heavy (non-hydrogen) atoms. The van der Waals surface area contributed by atoms with Gasteiger partial charge in [-0.15, -0.1) is 0 Å². The number of hydrogen-bond acceptors (Lipinski definition) is 4. The minimum Gasteiger partial charge on any atom is -0.379 e. The maximum absolute atomic E-state index is 12.5. The minimum absolute atomic E-state index is 0.0401. The van der Waals surface area contributed by atoms with Gasteiger partial charge in [-0.25, -0.2) is 8.42 Å². The number of carbonyl (C=O) groups excluding carboxylic acids is 1. The van der Waals surface area contributed by atoms with Crippen molar-refractivity contribution in [2.45, 2.75) is 56.1 Å². The molecule has 1 aliphatic rings. The third kappa shape index (κ3) is 5.20. The Morgan fingerprint density at radius 2 is 1.69 bits per heavy atom. The predicted molar refractivity (Wildman–Crippen MR) is 91.4 cm³/mol. The topological polar surface area (TPSA) is 83.5 Å². The van der Waals surface area contributed by atoms with Crippen LogP contribution in [0.4, 0.5) is 18.9 Å². The molecular weight excluding hydrogens is 371 g/mol. The van der Waals surface area contributed by atoms with Crippen LogP contribution >= 0.6 is 0 Å². The summed E-state index contributed by atoms with van der Waals surface area (Å²) in [6.07, 6.45) is -0.912. The van der Waals surface area contributed by atoms with Crippen molar-refractivity contribution < 1.29 is 31.5 Å². The molecule has 0 heterocycles. The second-order valence-corrected chi connectivity index (χ2v) is 9.15. The molecule has 1 aliphatic carbocycles. The monoisotopic (exact) mass is 393 g/mol. The predicted octanol–water partition coefficient (Wildman–Crippen LogP) is 3.14. The molecule has 1 saturated carbocycles. The maximum atomic E-state index is 12.5. The van der Waals surface area contributed by atoms with E-state index in [1.165, 1.54) is 0 Å². The van der Waals surface area contributed by atoms with Crippen molar-refractivity contribution in [3.63, 3.8) is 0 Å². The molecule has 0 bridgehead atoms. The van der Waals surface area contributed by atoms with Crippen LogP contribution in [0.15, 0.2) is 24.3 Å². The average Bonchev–Trinajstić information content (AvgIpc) is 2.54. The van der Waals surface area contributed by atoms with Crippen molar-refractivity contribution in [3.8, 4) is 0 Å². The highest BCUT2D eigenvalue weighted by molar-refractivity contribution is 7.92. The Hall–Kier alpha value is -1.61. The van der Waals surface area contributed by atoms with E-state index in [1.807, 2.05) is 0 Å². The lowest BCUT2D eigenvalue weighted by atomic mass is 10.0. The van der Waals surface area contributed by atoms with Gasteiger partial charge in [0.25, 0.3) is 5.91 Å². The zero-order valence-corrected chi connectivity index (χ0v) is 15.2. The van der Waals surface area contributed by atoms with Crippen LogP contribution in [0.1, 0.15) is 44.6 Å². The zero-order chi connectivity index (χ0) is 19.6. The first-order valence-corrected chi connectivity index (χ1v) is 10.1. The van der Waals surface area contributed by atoms with E-state index in [0.717, 1.165) is 50.5 Å². The van der Waals surface area contributed by atoms with E-state index in [0.29, 0.717) is 12.8 Å². The Morgan fingerprint density at radius 1 is 1.15 bits per heavy atom. The van der Waals surface area contributed by atoms with E-state index in [4.69, 9.17) is 0 Å². The Morgan fingerprint density at radius 3 is 2.19 bits per heavy atom. The third-order valence-electron chi connectivity index (χ3n) is 4.50. The number of anilines is 1. The summed E-state index contributed by atoms with van der Waals surface area (Å²) in [5, 5.41) is 12.0. The summed E-state index contributed by atoms with van der Waals surface area (Å²) >= 11 is 0. The number of nitrogens with one attached hydrogen (secondary N) is 1. The SMILES string of the molecule is CC(O)(CS(=O)(=O)C1CCCCC1)C(=O)Nc1ccc(C(F)(F)F)cc1. The van der Waals surface area contributed by atoms with Crippen LogP contribution in [0.5, 0.6) is 0 Å². The number of alkyl halides is 3. The van der Waals surface area contributed by atoms with Gasteiger partial charge in [-0.1, -0.05) is 19.3 Å². The quantitative estimate of drug-likeness (QED) is 0.805. The first-order chi connectivity index (χ1) is 11.9. The van der Waals surface area contributed by atoms with Crippen molar-refractivity contribution in [1.82, 2.24) is 0 Å². The molecule has 0 radical (unpaired) electrons. The van der Waals surface area contributed by atoms with Gasteiger partial charge in [-0.2, -0.15) is 13.2 Å². The summed E-state index contributed by atoms with van der Waals surface area (Å²) in [5.41, 5.74) is -3.01. The number of amides is 1. The molecule has 2 rings (SSSR count). The second-order valence-electron chi connectivity index (χ2n) is 6.87. The summed E-state index contributed by atoms with van der Waals surface area (Å²) in [6, 6.07) is 3.69. The average molecular weight is 393 g/mol. The molecule has 0 aromatic heterocycles. The fraction of sp³-hybridized carbons (Fsp3) is 0.588. The van der Waals surface area contributed by atoms with Gasteiger partial charge in [0.2, 0.25) is 0 Å². The molecule has 1 aromatic carbocycles. The van der Waals surface area contributed by atoms with Crippen molar-refractivity contribution >= 4 is 21.4 Å².